The number of imidazole rings is 1. The van der Waals surface area contributed by atoms with Gasteiger partial charge in [0, 0.05) is 33.2 Å². The van der Waals surface area contributed by atoms with E-state index >= 15 is 0 Å². The second kappa shape index (κ2) is 10.7. The van der Waals surface area contributed by atoms with Crippen molar-refractivity contribution in [3.05, 3.63) is 56.2 Å². The van der Waals surface area contributed by atoms with Gasteiger partial charge in [0.15, 0.2) is 22.7 Å². The molecule has 0 N–H and O–H groups in total. The first-order valence-electron chi connectivity index (χ1n) is 12.1. The number of hydrogen-bond donors (Lipinski definition) is 0. The molecule has 0 saturated carbocycles. The van der Waals surface area contributed by atoms with Crippen LogP contribution in [0.15, 0.2) is 27.8 Å². The lowest BCUT2D eigenvalue weighted by atomic mass is 10.1. The van der Waals surface area contributed by atoms with E-state index in [9.17, 15) is 22.8 Å². The maximum atomic E-state index is 14.7. The molecule has 0 atom stereocenters. The van der Waals surface area contributed by atoms with Gasteiger partial charge in [0.25, 0.3) is 12.0 Å². The second-order valence-electron chi connectivity index (χ2n) is 8.81. The van der Waals surface area contributed by atoms with Gasteiger partial charge in [0.2, 0.25) is 0 Å². The maximum absolute atomic E-state index is 14.7. The van der Waals surface area contributed by atoms with Gasteiger partial charge in [-0.1, -0.05) is 12.1 Å². The Kier molecular flexibility index (Phi) is 7.67. The number of fused-ring (bicyclic) bond motifs is 1. The molecule has 1 saturated heterocycles. The lowest BCUT2D eigenvalue weighted by Gasteiger charge is -2.31. The zero-order valence-corrected chi connectivity index (χ0v) is 20.6. The van der Waals surface area contributed by atoms with Crippen LogP contribution in [0.5, 0.6) is 5.75 Å². The molecule has 4 rings (SSSR count). The first-order valence-corrected chi connectivity index (χ1v) is 12.1. The third-order valence-electron chi connectivity index (χ3n) is 6.51. The van der Waals surface area contributed by atoms with Crippen LogP contribution < -0.4 is 16.0 Å². The lowest BCUT2D eigenvalue weighted by Crippen LogP contribution is -2.40. The van der Waals surface area contributed by atoms with Crippen LogP contribution in [0.2, 0.25) is 0 Å². The highest BCUT2D eigenvalue weighted by molar-refractivity contribution is 5.76. The van der Waals surface area contributed by atoms with E-state index in [4.69, 9.17) is 4.74 Å². The van der Waals surface area contributed by atoms with E-state index in [2.05, 4.69) is 4.98 Å². The number of piperidine rings is 1. The van der Waals surface area contributed by atoms with Gasteiger partial charge in [-0.15, -0.1) is 0 Å². The number of nitrogens with zero attached hydrogens (tertiary/aromatic N) is 5. The Bertz CT molecular complexity index is 1380. The summed E-state index contributed by atoms with van der Waals surface area (Å²) in [5.41, 5.74) is 0.409. The molecule has 1 aliphatic heterocycles. The zero-order chi connectivity index (χ0) is 26.0. The molecule has 1 fully saturated rings. The smallest absolute Gasteiger partial charge is 0.332 e. The number of aromatic nitrogens is 4. The highest BCUT2D eigenvalue weighted by Gasteiger charge is 2.23. The van der Waals surface area contributed by atoms with Gasteiger partial charge in [-0.05, 0) is 50.5 Å². The zero-order valence-electron chi connectivity index (χ0n) is 20.6. The van der Waals surface area contributed by atoms with Crippen LogP contribution in [0, 0.1) is 5.82 Å². The predicted octanol–water partition coefficient (Wildman–Crippen LogP) is 3.35. The van der Waals surface area contributed by atoms with Crippen LogP contribution in [0.25, 0.3) is 23.3 Å². The lowest BCUT2D eigenvalue weighted by molar-refractivity contribution is 0.0467. The molecule has 0 unspecified atom stereocenters. The highest BCUT2D eigenvalue weighted by Crippen LogP contribution is 2.24. The maximum Gasteiger partial charge on any atom is 0.332 e. The van der Waals surface area contributed by atoms with Gasteiger partial charge in [-0.2, -0.15) is 0 Å². The van der Waals surface area contributed by atoms with E-state index < -0.39 is 23.5 Å². The molecule has 8 nitrogen and oxygen atoms in total. The van der Waals surface area contributed by atoms with Crippen LogP contribution in [-0.4, -0.2) is 55.7 Å². The summed E-state index contributed by atoms with van der Waals surface area (Å²) in [6.07, 6.45) is 1.86. The van der Waals surface area contributed by atoms with E-state index in [1.165, 1.54) is 15.2 Å². The molecule has 2 aromatic heterocycles. The van der Waals surface area contributed by atoms with Crippen LogP contribution in [0.4, 0.5) is 13.2 Å². The van der Waals surface area contributed by atoms with Crippen LogP contribution in [0.1, 0.15) is 38.1 Å². The van der Waals surface area contributed by atoms with E-state index in [1.54, 1.807) is 47.7 Å². The molecule has 0 radical (unpaired) electrons. The largest absolute Gasteiger partial charge is 0.487 e. The Balaban J connectivity index is 1.52. The van der Waals surface area contributed by atoms with Crippen LogP contribution >= 0.6 is 0 Å². The van der Waals surface area contributed by atoms with Crippen molar-refractivity contribution in [1.82, 2.24) is 23.6 Å². The minimum Gasteiger partial charge on any atom is -0.487 e. The fourth-order valence-corrected chi connectivity index (χ4v) is 4.56. The van der Waals surface area contributed by atoms with E-state index in [-0.39, 0.29) is 24.9 Å². The second-order valence-corrected chi connectivity index (χ2v) is 8.81. The van der Waals surface area contributed by atoms with Crippen LogP contribution in [-0.2, 0) is 20.1 Å². The summed E-state index contributed by atoms with van der Waals surface area (Å²) >= 11 is 0. The van der Waals surface area contributed by atoms with Gasteiger partial charge in [-0.3, -0.25) is 18.8 Å². The Hall–Kier alpha value is -3.34. The molecule has 194 valence electrons. The molecule has 11 heteroatoms. The highest BCUT2D eigenvalue weighted by atomic mass is 19.3. The fourth-order valence-electron chi connectivity index (χ4n) is 4.56. The number of halogens is 3. The van der Waals surface area contributed by atoms with Gasteiger partial charge < -0.3 is 9.30 Å². The molecule has 1 aliphatic rings. The van der Waals surface area contributed by atoms with Crippen LogP contribution in [0.3, 0.4) is 0 Å². The van der Waals surface area contributed by atoms with Crippen molar-refractivity contribution in [1.29, 1.82) is 0 Å². The molecular weight excluding hydrogens is 475 g/mol. The Morgan fingerprint density at radius 2 is 1.81 bits per heavy atom. The van der Waals surface area contributed by atoms with Gasteiger partial charge in [0.1, 0.15) is 11.9 Å². The summed E-state index contributed by atoms with van der Waals surface area (Å²) in [6.45, 7) is 4.91. The fraction of sp³-hybridized carbons (Fsp3) is 0.480. The molecule has 3 heterocycles. The summed E-state index contributed by atoms with van der Waals surface area (Å²) in [6, 6.07) is 4.59. The summed E-state index contributed by atoms with van der Waals surface area (Å²) in [7, 11) is 1.70. The standard InChI is InChI=1S/C25H30F3N5O3/c1-4-32-23-22(24(34)33(5-2)25(32)35)30(3)21(29-23)9-7-16-6-8-19(18(26)14-16)36-17-10-12-31(13-11-17)15-20(27)28/h6-9,14,17,20H,4-5,10-13,15H2,1-3H3. The molecule has 36 heavy (non-hydrogen) atoms. The molecule has 3 aromatic rings. The quantitative estimate of drug-likeness (QED) is 0.470. The normalized spacial score (nSPS) is 15.5. The number of rotatable bonds is 8. The number of hydrogen-bond acceptors (Lipinski definition) is 5. The van der Waals surface area contributed by atoms with E-state index in [1.807, 2.05) is 6.92 Å². The molecule has 0 spiro atoms. The van der Waals surface area contributed by atoms with Crippen molar-refractivity contribution in [3.8, 4) is 5.75 Å². The average molecular weight is 506 g/mol. The summed E-state index contributed by atoms with van der Waals surface area (Å²) < 4.78 is 49.9. The monoisotopic (exact) mass is 505 g/mol. The number of likely N-dealkylation sites (tertiary alicyclic amines) is 1. The first kappa shape index (κ1) is 25.7. The first-order chi connectivity index (χ1) is 17.2. The SMILES string of the molecule is CCn1c(=O)c2c(nc(C=Cc3ccc(OC4CCN(CC(F)F)CC4)c(F)c3)n2C)n(CC)c1=O. The predicted molar refractivity (Wildman–Crippen MR) is 132 cm³/mol. The molecule has 0 bridgehead atoms. The topological polar surface area (TPSA) is 74.3 Å². The van der Waals surface area contributed by atoms with Crippen molar-refractivity contribution in [3.63, 3.8) is 0 Å². The van der Waals surface area contributed by atoms with Crippen molar-refractivity contribution in [2.75, 3.05) is 19.6 Å². The molecule has 1 aromatic carbocycles. The van der Waals surface area contributed by atoms with Gasteiger partial charge >= 0.3 is 5.69 Å². The Morgan fingerprint density at radius 3 is 2.42 bits per heavy atom. The number of ether oxygens (including phenoxy) is 1. The van der Waals surface area contributed by atoms with Crippen molar-refractivity contribution < 1.29 is 17.9 Å². The Morgan fingerprint density at radius 1 is 1.11 bits per heavy atom. The third kappa shape index (κ3) is 5.11. The summed E-state index contributed by atoms with van der Waals surface area (Å²) in [4.78, 5) is 31.6. The molecule has 0 amide bonds. The number of aryl methyl sites for hydroxylation is 2. The van der Waals surface area contributed by atoms with E-state index in [0.29, 0.717) is 55.0 Å². The van der Waals surface area contributed by atoms with Crippen molar-refractivity contribution >= 4 is 23.3 Å². The van der Waals surface area contributed by atoms with E-state index in [0.717, 1.165) is 0 Å². The third-order valence-corrected chi connectivity index (χ3v) is 6.51. The van der Waals surface area contributed by atoms with Crippen molar-refractivity contribution in [2.45, 2.75) is 52.3 Å². The summed E-state index contributed by atoms with van der Waals surface area (Å²) in [5, 5.41) is 0. The minimum absolute atomic E-state index is 0.120. The number of benzene rings is 1. The van der Waals surface area contributed by atoms with Crippen molar-refractivity contribution in [2.24, 2.45) is 7.05 Å². The molecule has 0 aliphatic carbocycles. The summed E-state index contributed by atoms with van der Waals surface area (Å²) in [5.74, 6) is 0.0472. The number of alkyl halides is 2. The Labute approximate surface area is 206 Å². The average Bonchev–Trinajstić information content (AvgIpc) is 3.17. The van der Waals surface area contributed by atoms with Gasteiger partial charge in [-0.25, -0.2) is 22.9 Å². The molecular formula is C25H30F3N5O3. The van der Waals surface area contributed by atoms with Gasteiger partial charge in [0.05, 0.1) is 6.54 Å². The minimum atomic E-state index is -2.36.